The Kier molecular flexibility index (Phi) is 4.76. The number of imidazole rings is 1. The summed E-state index contributed by atoms with van der Waals surface area (Å²) < 4.78 is 6.25. The van der Waals surface area contributed by atoms with Crippen molar-refractivity contribution in [2.75, 3.05) is 5.32 Å². The number of aromatic nitrogens is 3. The van der Waals surface area contributed by atoms with Crippen molar-refractivity contribution in [1.29, 1.82) is 0 Å². The van der Waals surface area contributed by atoms with Crippen LogP contribution >= 0.6 is 11.8 Å². The van der Waals surface area contributed by atoms with Crippen LogP contribution in [0.3, 0.4) is 0 Å². The standard InChI is InChI=1S/C26H24N4O4S/c1-12-4-5-14-15(8-12)30-25(29-14)35-19-7-6-18(34-19)20-13-11-27-23(24(32)33)22(13)28-16-9-26(2,3)10-17(31)21(16)20/h4-8,11,20,27-28H,9-10H2,1-3H3,(H,29,30)(H,32,33). The molecule has 1 aromatic carbocycles. The average Bonchev–Trinajstić information content (AvgIpc) is 3.49. The van der Waals surface area contributed by atoms with Gasteiger partial charge in [-0.15, -0.1) is 0 Å². The topological polar surface area (TPSA) is 124 Å². The Hall–Kier alpha value is -3.72. The number of benzene rings is 1. The van der Waals surface area contributed by atoms with Gasteiger partial charge >= 0.3 is 5.97 Å². The predicted octanol–water partition coefficient (Wildman–Crippen LogP) is 5.84. The largest absolute Gasteiger partial charge is 0.477 e. The van der Waals surface area contributed by atoms with E-state index in [-0.39, 0.29) is 16.9 Å². The Balaban J connectivity index is 1.40. The zero-order valence-corrected chi connectivity index (χ0v) is 20.3. The van der Waals surface area contributed by atoms with E-state index in [1.165, 1.54) is 11.8 Å². The highest BCUT2D eigenvalue weighted by molar-refractivity contribution is 7.99. The maximum atomic E-state index is 13.3. The van der Waals surface area contributed by atoms with Gasteiger partial charge in [-0.3, -0.25) is 4.79 Å². The number of allylic oxidation sites excluding steroid dienone is 2. The van der Waals surface area contributed by atoms with Gasteiger partial charge in [-0.05, 0) is 60.4 Å². The zero-order valence-electron chi connectivity index (χ0n) is 19.5. The molecule has 4 N–H and O–H groups in total. The van der Waals surface area contributed by atoms with Gasteiger partial charge in [0.25, 0.3) is 0 Å². The molecule has 3 aromatic heterocycles. The number of nitrogens with one attached hydrogen (secondary N) is 3. The molecule has 1 atom stereocenters. The molecule has 0 radical (unpaired) electrons. The molecular formula is C26H24N4O4S. The minimum absolute atomic E-state index is 0.0516. The average molecular weight is 489 g/mol. The molecule has 1 aliphatic heterocycles. The Morgan fingerprint density at radius 1 is 1.23 bits per heavy atom. The van der Waals surface area contributed by atoms with Crippen molar-refractivity contribution in [3.63, 3.8) is 0 Å². The molecule has 0 saturated heterocycles. The first-order valence-corrected chi connectivity index (χ1v) is 12.2. The lowest BCUT2D eigenvalue weighted by molar-refractivity contribution is -0.118. The number of ketones is 1. The molecule has 9 heteroatoms. The number of hydrogen-bond donors (Lipinski definition) is 4. The summed E-state index contributed by atoms with van der Waals surface area (Å²) in [6.45, 7) is 6.12. The number of aromatic carboxylic acids is 1. The molecule has 0 spiro atoms. The fraction of sp³-hybridized carbons (Fsp3) is 0.269. The number of hydrogen-bond acceptors (Lipinski definition) is 6. The number of carboxylic acid groups (broad SMARTS) is 1. The van der Waals surface area contributed by atoms with Crippen molar-refractivity contribution in [2.45, 2.75) is 49.8 Å². The summed E-state index contributed by atoms with van der Waals surface area (Å²) in [5, 5.41) is 14.3. The first kappa shape index (κ1) is 21.8. The highest BCUT2D eigenvalue weighted by Crippen LogP contribution is 2.50. The van der Waals surface area contributed by atoms with Gasteiger partial charge in [0.05, 0.1) is 22.6 Å². The van der Waals surface area contributed by atoms with Gasteiger partial charge < -0.3 is 24.8 Å². The van der Waals surface area contributed by atoms with Crippen LogP contribution in [-0.4, -0.2) is 31.8 Å². The van der Waals surface area contributed by atoms with Crippen LogP contribution in [0.4, 0.5) is 5.69 Å². The minimum Gasteiger partial charge on any atom is -0.477 e. The molecule has 1 unspecified atom stereocenters. The number of fused-ring (bicyclic) bond motifs is 2. The molecule has 6 rings (SSSR count). The Labute approximate surface area is 205 Å². The number of carboxylic acids is 1. The summed E-state index contributed by atoms with van der Waals surface area (Å²) in [4.78, 5) is 36.0. The monoisotopic (exact) mass is 488 g/mol. The lowest BCUT2D eigenvalue weighted by Crippen LogP contribution is -2.33. The molecule has 0 fully saturated rings. The van der Waals surface area contributed by atoms with Crippen molar-refractivity contribution in [2.24, 2.45) is 5.41 Å². The Bertz CT molecular complexity index is 1550. The molecule has 178 valence electrons. The van der Waals surface area contributed by atoms with E-state index < -0.39 is 11.9 Å². The Morgan fingerprint density at radius 3 is 2.86 bits per heavy atom. The van der Waals surface area contributed by atoms with Gasteiger partial charge in [0, 0.05) is 29.5 Å². The van der Waals surface area contributed by atoms with Crippen molar-refractivity contribution >= 4 is 40.2 Å². The van der Waals surface area contributed by atoms with Crippen LogP contribution in [-0.2, 0) is 4.79 Å². The van der Waals surface area contributed by atoms with E-state index in [1.807, 2.05) is 51.1 Å². The van der Waals surface area contributed by atoms with Crippen LogP contribution in [0.5, 0.6) is 0 Å². The summed E-state index contributed by atoms with van der Waals surface area (Å²) in [5.41, 5.74) is 5.44. The molecule has 1 aliphatic carbocycles. The second-order valence-electron chi connectivity index (χ2n) is 10.0. The van der Waals surface area contributed by atoms with Gasteiger partial charge in [0.2, 0.25) is 0 Å². The fourth-order valence-corrected chi connectivity index (χ4v) is 5.90. The maximum absolute atomic E-state index is 13.3. The molecule has 0 bridgehead atoms. The van der Waals surface area contributed by atoms with Crippen LogP contribution in [0.25, 0.3) is 11.0 Å². The van der Waals surface area contributed by atoms with Gasteiger partial charge in [-0.1, -0.05) is 19.9 Å². The molecular weight excluding hydrogens is 464 g/mol. The molecule has 0 amide bonds. The molecule has 8 nitrogen and oxygen atoms in total. The fourth-order valence-electron chi connectivity index (χ4n) is 5.13. The molecule has 4 heterocycles. The van der Waals surface area contributed by atoms with E-state index in [4.69, 9.17) is 4.42 Å². The quantitative estimate of drug-likeness (QED) is 0.284. The lowest BCUT2D eigenvalue weighted by atomic mass is 9.70. The third kappa shape index (κ3) is 3.67. The maximum Gasteiger partial charge on any atom is 0.354 e. The zero-order chi connectivity index (χ0) is 24.5. The van der Waals surface area contributed by atoms with Crippen molar-refractivity contribution < 1.29 is 19.1 Å². The summed E-state index contributed by atoms with van der Waals surface area (Å²) in [6, 6.07) is 9.78. The molecule has 35 heavy (non-hydrogen) atoms. The number of aryl methyl sites for hydroxylation is 1. The van der Waals surface area contributed by atoms with E-state index in [0.717, 1.165) is 22.3 Å². The normalized spacial score (nSPS) is 18.9. The number of Topliss-reactive ketones (excluding diaryl/α,β-unsaturated/α-hetero) is 1. The van der Waals surface area contributed by atoms with Crippen LogP contribution in [0, 0.1) is 12.3 Å². The van der Waals surface area contributed by atoms with Crippen LogP contribution in [0.1, 0.15) is 60.0 Å². The highest BCUT2D eigenvalue weighted by atomic mass is 32.2. The smallest absolute Gasteiger partial charge is 0.354 e. The lowest BCUT2D eigenvalue weighted by Gasteiger charge is -2.37. The highest BCUT2D eigenvalue weighted by Gasteiger charge is 2.43. The molecule has 0 saturated carbocycles. The number of H-pyrrole nitrogens is 2. The number of aromatic amines is 2. The third-order valence-corrected chi connectivity index (χ3v) is 7.43. The van der Waals surface area contributed by atoms with Gasteiger partial charge in [-0.25, -0.2) is 9.78 Å². The van der Waals surface area contributed by atoms with Gasteiger partial charge in [-0.2, -0.15) is 0 Å². The SMILES string of the molecule is Cc1ccc2[nH]c(Sc3ccc(C4C5=C(CC(C)(C)CC5=O)Nc5c4c[nH]c5C(=O)O)o3)nc2c1. The third-order valence-electron chi connectivity index (χ3n) is 6.62. The minimum atomic E-state index is -1.06. The first-order chi connectivity index (χ1) is 16.7. The number of carbonyl (C=O) groups excluding carboxylic acids is 1. The van der Waals surface area contributed by atoms with Gasteiger partial charge in [0.1, 0.15) is 11.5 Å². The summed E-state index contributed by atoms with van der Waals surface area (Å²) in [5.74, 6) is -0.893. The summed E-state index contributed by atoms with van der Waals surface area (Å²) in [7, 11) is 0. The van der Waals surface area contributed by atoms with Crippen LogP contribution in [0.15, 0.2) is 62.5 Å². The van der Waals surface area contributed by atoms with Gasteiger partial charge in [0.15, 0.2) is 16.0 Å². The van der Waals surface area contributed by atoms with Crippen molar-refractivity contribution in [3.8, 4) is 0 Å². The van der Waals surface area contributed by atoms with Crippen LogP contribution < -0.4 is 5.32 Å². The van der Waals surface area contributed by atoms with E-state index in [9.17, 15) is 14.7 Å². The number of nitrogens with zero attached hydrogens (tertiary/aromatic N) is 1. The van der Waals surface area contributed by atoms with Crippen LogP contribution in [0.2, 0.25) is 0 Å². The Morgan fingerprint density at radius 2 is 2.06 bits per heavy atom. The predicted molar refractivity (Wildman–Crippen MR) is 132 cm³/mol. The van der Waals surface area contributed by atoms with E-state index in [1.54, 1.807) is 6.20 Å². The number of rotatable bonds is 4. The summed E-state index contributed by atoms with van der Waals surface area (Å²) >= 11 is 1.37. The number of carbonyl (C=O) groups is 2. The van der Waals surface area contributed by atoms with E-state index in [2.05, 4.69) is 20.3 Å². The molecule has 2 aliphatic rings. The van der Waals surface area contributed by atoms with E-state index in [0.29, 0.717) is 45.7 Å². The first-order valence-electron chi connectivity index (χ1n) is 11.4. The molecule has 4 aromatic rings. The second-order valence-corrected chi connectivity index (χ2v) is 11.0. The second kappa shape index (κ2) is 7.64. The van der Waals surface area contributed by atoms with Crippen molar-refractivity contribution in [1.82, 2.24) is 15.0 Å². The summed E-state index contributed by atoms with van der Waals surface area (Å²) in [6.07, 6.45) is 2.73. The number of anilines is 1. The number of furan rings is 1. The van der Waals surface area contributed by atoms with Crippen molar-refractivity contribution in [3.05, 3.63) is 70.4 Å². The van der Waals surface area contributed by atoms with E-state index >= 15 is 0 Å².